The van der Waals surface area contributed by atoms with Crippen LogP contribution in [0.1, 0.15) is 5.56 Å². The molecule has 14 heavy (non-hydrogen) atoms. The fourth-order valence-corrected chi connectivity index (χ4v) is 1.47. The van der Waals surface area contributed by atoms with Crippen molar-refractivity contribution in [2.45, 2.75) is 0 Å². The van der Waals surface area contributed by atoms with Crippen LogP contribution in [0.2, 0.25) is 0 Å². The number of hydrogen-bond acceptors (Lipinski definition) is 1. The van der Waals surface area contributed by atoms with Crippen LogP contribution in [0.4, 0.5) is 0 Å². The topological polar surface area (TPSA) is 20.2 Å². The third-order valence-electron chi connectivity index (χ3n) is 2.12. The van der Waals surface area contributed by atoms with Crippen LogP contribution >= 0.6 is 0 Å². The Bertz CT molecular complexity index is 463. The van der Waals surface area contributed by atoms with Crippen molar-refractivity contribution in [3.05, 3.63) is 48.5 Å². The second-order valence-corrected chi connectivity index (χ2v) is 2.96. The van der Waals surface area contributed by atoms with E-state index in [2.05, 4.69) is 6.58 Å². The van der Waals surface area contributed by atoms with E-state index in [-0.39, 0.29) is 32.7 Å². The molecule has 1 N–H and O–H groups in total. The molecule has 0 saturated carbocycles. The summed E-state index contributed by atoms with van der Waals surface area (Å²) in [5.41, 5.74) is 1.09. The molecule has 0 amide bonds. The van der Waals surface area contributed by atoms with Crippen LogP contribution in [0.25, 0.3) is 16.8 Å². The van der Waals surface area contributed by atoms with E-state index in [1.54, 1.807) is 12.1 Å². The summed E-state index contributed by atoms with van der Waals surface area (Å²) < 4.78 is 0. The Hall–Kier alpha value is -0.656. The van der Waals surface area contributed by atoms with E-state index in [9.17, 15) is 5.11 Å². The van der Waals surface area contributed by atoms with Crippen molar-refractivity contribution in [3.63, 3.8) is 0 Å². The number of phenols is 1. The molecule has 2 rings (SSSR count). The second-order valence-electron chi connectivity index (χ2n) is 2.96. The van der Waals surface area contributed by atoms with Crippen LogP contribution in [0.3, 0.4) is 0 Å². The van der Waals surface area contributed by atoms with Gasteiger partial charge in [-0.05, 0) is 28.5 Å². The molecule has 0 heterocycles. The first-order valence-electron chi connectivity index (χ1n) is 4.15. The molecule has 0 aliphatic carbocycles. The van der Waals surface area contributed by atoms with E-state index in [1.165, 1.54) is 0 Å². The Morgan fingerprint density at radius 2 is 1.93 bits per heavy atom. The molecular formula is C12H10OY. The summed E-state index contributed by atoms with van der Waals surface area (Å²) in [4.78, 5) is 0. The molecule has 0 unspecified atom stereocenters. The summed E-state index contributed by atoms with van der Waals surface area (Å²) in [6.45, 7) is 3.74. The molecular weight excluding hydrogens is 249 g/mol. The van der Waals surface area contributed by atoms with Gasteiger partial charge in [0.2, 0.25) is 0 Å². The number of rotatable bonds is 1. The molecule has 2 aromatic rings. The van der Waals surface area contributed by atoms with Gasteiger partial charge >= 0.3 is 0 Å². The van der Waals surface area contributed by atoms with Crippen LogP contribution in [-0.4, -0.2) is 5.11 Å². The Morgan fingerprint density at radius 3 is 2.64 bits per heavy atom. The van der Waals surface area contributed by atoms with Gasteiger partial charge in [-0.1, -0.05) is 36.9 Å². The number of fused-ring (bicyclic) bond motifs is 1. The molecule has 0 spiro atoms. The average Bonchev–Trinajstić information content (AvgIpc) is 2.16. The van der Waals surface area contributed by atoms with E-state index < -0.39 is 0 Å². The maximum absolute atomic E-state index is 9.27. The number of phenolic OH excluding ortho intramolecular Hbond substituents is 1. The third-order valence-corrected chi connectivity index (χ3v) is 2.12. The van der Waals surface area contributed by atoms with Crippen LogP contribution < -0.4 is 0 Å². The molecule has 67 valence electrons. The van der Waals surface area contributed by atoms with Gasteiger partial charge < -0.3 is 5.11 Å². The summed E-state index contributed by atoms with van der Waals surface area (Å²) in [5.74, 6) is 0.300. The van der Waals surface area contributed by atoms with Crippen molar-refractivity contribution in [2.24, 2.45) is 0 Å². The van der Waals surface area contributed by atoms with Gasteiger partial charge in [-0.3, -0.25) is 0 Å². The fourth-order valence-electron chi connectivity index (χ4n) is 1.47. The van der Waals surface area contributed by atoms with E-state index in [4.69, 9.17) is 0 Å². The first kappa shape index (κ1) is 11.4. The summed E-state index contributed by atoms with van der Waals surface area (Å²) in [6, 6.07) is 11.3. The standard InChI is InChI=1S/C12H10O.Y/c1-2-9-4-3-5-10-8-11(13)6-7-12(9)10;/h2-8,13H,1H2;. The molecule has 2 heteroatoms. The maximum Gasteiger partial charge on any atom is 0.116 e. The largest absolute Gasteiger partial charge is 0.508 e. The van der Waals surface area contributed by atoms with E-state index in [0.29, 0.717) is 5.75 Å². The number of aromatic hydroxyl groups is 1. The summed E-state index contributed by atoms with van der Waals surface area (Å²) >= 11 is 0. The fraction of sp³-hybridized carbons (Fsp3) is 0. The first-order valence-corrected chi connectivity index (χ1v) is 4.15. The summed E-state index contributed by atoms with van der Waals surface area (Å²) in [5, 5.41) is 11.4. The van der Waals surface area contributed by atoms with Crippen molar-refractivity contribution >= 4 is 16.8 Å². The zero-order chi connectivity index (χ0) is 9.26. The zero-order valence-electron chi connectivity index (χ0n) is 7.77. The number of hydrogen-bond donors (Lipinski definition) is 1. The Morgan fingerprint density at radius 1 is 1.14 bits per heavy atom. The van der Waals surface area contributed by atoms with Crippen molar-refractivity contribution in [3.8, 4) is 5.75 Å². The van der Waals surface area contributed by atoms with Gasteiger partial charge in [-0.15, -0.1) is 0 Å². The van der Waals surface area contributed by atoms with Gasteiger partial charge in [0.1, 0.15) is 5.75 Å². The predicted octanol–water partition coefficient (Wildman–Crippen LogP) is 3.19. The van der Waals surface area contributed by atoms with Crippen LogP contribution in [-0.2, 0) is 32.7 Å². The van der Waals surface area contributed by atoms with Crippen molar-refractivity contribution in [2.75, 3.05) is 0 Å². The van der Waals surface area contributed by atoms with Crippen molar-refractivity contribution < 1.29 is 37.8 Å². The molecule has 1 nitrogen and oxygen atoms in total. The molecule has 0 atom stereocenters. The molecule has 2 aromatic carbocycles. The molecule has 1 radical (unpaired) electrons. The minimum Gasteiger partial charge on any atom is -0.508 e. The van der Waals surface area contributed by atoms with E-state index in [1.807, 2.05) is 30.3 Å². The Kier molecular flexibility index (Phi) is 3.85. The molecule has 0 aliphatic rings. The Labute approximate surface area is 108 Å². The smallest absolute Gasteiger partial charge is 0.116 e. The third kappa shape index (κ3) is 2.05. The Balaban J connectivity index is 0.000000980. The minimum absolute atomic E-state index is 0. The average molecular weight is 259 g/mol. The normalized spacial score (nSPS) is 9.43. The molecule has 0 aliphatic heterocycles. The molecule has 0 aromatic heterocycles. The molecule has 0 saturated heterocycles. The predicted molar refractivity (Wildman–Crippen MR) is 55.7 cm³/mol. The maximum atomic E-state index is 9.27. The molecule has 0 fully saturated rings. The summed E-state index contributed by atoms with van der Waals surface area (Å²) in [7, 11) is 0. The van der Waals surface area contributed by atoms with Crippen LogP contribution in [0.5, 0.6) is 5.75 Å². The van der Waals surface area contributed by atoms with Gasteiger partial charge in [0.25, 0.3) is 0 Å². The molecule has 0 bridgehead atoms. The second kappa shape index (κ2) is 4.72. The first-order chi connectivity index (χ1) is 6.31. The van der Waals surface area contributed by atoms with Gasteiger partial charge in [-0.25, -0.2) is 0 Å². The number of benzene rings is 2. The van der Waals surface area contributed by atoms with Gasteiger partial charge in [-0.2, -0.15) is 0 Å². The van der Waals surface area contributed by atoms with Gasteiger partial charge in [0.15, 0.2) is 0 Å². The SMILES string of the molecule is C=Cc1cccc2cc(O)ccc12.[Y]. The van der Waals surface area contributed by atoms with Gasteiger partial charge in [0, 0.05) is 32.7 Å². The quantitative estimate of drug-likeness (QED) is 0.833. The van der Waals surface area contributed by atoms with Gasteiger partial charge in [0.05, 0.1) is 0 Å². The van der Waals surface area contributed by atoms with E-state index in [0.717, 1.165) is 16.3 Å². The minimum atomic E-state index is 0. The monoisotopic (exact) mass is 259 g/mol. The zero-order valence-corrected chi connectivity index (χ0v) is 10.6. The van der Waals surface area contributed by atoms with Crippen molar-refractivity contribution in [1.82, 2.24) is 0 Å². The van der Waals surface area contributed by atoms with Crippen molar-refractivity contribution in [1.29, 1.82) is 0 Å². The van der Waals surface area contributed by atoms with Crippen LogP contribution in [0, 0.1) is 0 Å². The van der Waals surface area contributed by atoms with E-state index >= 15 is 0 Å². The summed E-state index contributed by atoms with van der Waals surface area (Å²) in [6.07, 6.45) is 1.82. The van der Waals surface area contributed by atoms with Crippen LogP contribution in [0.15, 0.2) is 43.0 Å².